The molecule has 0 aliphatic carbocycles. The average Bonchev–Trinajstić information content (AvgIpc) is 2.65. The largest absolute Gasteiger partial charge is 0.352 e. The molecule has 11 heteroatoms. The second kappa shape index (κ2) is 9.54. The second-order valence-corrected chi connectivity index (χ2v) is 10.7. The van der Waals surface area contributed by atoms with Crippen LogP contribution in [0.4, 0.5) is 5.69 Å². The van der Waals surface area contributed by atoms with E-state index in [-0.39, 0.29) is 29.5 Å². The Morgan fingerprint density at radius 3 is 2.43 bits per heavy atom. The van der Waals surface area contributed by atoms with Crippen LogP contribution in [-0.2, 0) is 31.4 Å². The first-order valence-corrected chi connectivity index (χ1v) is 12.5. The molecule has 0 saturated carbocycles. The maximum atomic E-state index is 12.7. The summed E-state index contributed by atoms with van der Waals surface area (Å²) in [6.07, 6.45) is 4.27. The van der Waals surface area contributed by atoms with E-state index >= 15 is 0 Å². The fourth-order valence-electron chi connectivity index (χ4n) is 2.80. The number of amides is 1. The number of aromatic nitrogens is 1. The maximum Gasteiger partial charge on any atom is 0.240 e. The standard InChI is InChI=1S/C19H26N4O5S2/c1-14-10-15(2)18(11-17(14)23(3)29(4,25)26)30(27,28)22-9-7-19(24)21-13-16-6-5-8-20-12-16/h5-6,8,10-12,22H,7,9,13H2,1-4H3,(H,21,24). The lowest BCUT2D eigenvalue weighted by Crippen LogP contribution is -2.31. The second-order valence-electron chi connectivity index (χ2n) is 6.92. The third-order valence-electron chi connectivity index (χ3n) is 4.48. The Balaban J connectivity index is 2.05. The number of benzene rings is 1. The van der Waals surface area contributed by atoms with Gasteiger partial charge in [0.1, 0.15) is 0 Å². The molecule has 0 fully saturated rings. The van der Waals surface area contributed by atoms with Crippen LogP contribution >= 0.6 is 0 Å². The molecular formula is C19H26N4O5S2. The van der Waals surface area contributed by atoms with Gasteiger partial charge in [0.25, 0.3) is 0 Å². The van der Waals surface area contributed by atoms with E-state index in [4.69, 9.17) is 0 Å². The van der Waals surface area contributed by atoms with Gasteiger partial charge < -0.3 is 5.32 Å². The highest BCUT2D eigenvalue weighted by molar-refractivity contribution is 7.92. The van der Waals surface area contributed by atoms with E-state index in [9.17, 15) is 21.6 Å². The average molecular weight is 455 g/mol. The number of aryl methyl sites for hydroxylation is 2. The zero-order valence-electron chi connectivity index (χ0n) is 17.3. The Hall–Kier alpha value is -2.50. The molecule has 30 heavy (non-hydrogen) atoms. The first kappa shape index (κ1) is 23.8. The minimum Gasteiger partial charge on any atom is -0.352 e. The van der Waals surface area contributed by atoms with Gasteiger partial charge in [0.2, 0.25) is 26.0 Å². The van der Waals surface area contributed by atoms with Crippen molar-refractivity contribution >= 4 is 31.6 Å². The van der Waals surface area contributed by atoms with Crippen molar-refractivity contribution in [3.8, 4) is 0 Å². The van der Waals surface area contributed by atoms with Gasteiger partial charge in [0.15, 0.2) is 0 Å². The van der Waals surface area contributed by atoms with Crippen molar-refractivity contribution in [1.29, 1.82) is 0 Å². The van der Waals surface area contributed by atoms with Gasteiger partial charge in [0, 0.05) is 39.0 Å². The summed E-state index contributed by atoms with van der Waals surface area (Å²) in [5.74, 6) is -0.306. The van der Waals surface area contributed by atoms with Crippen molar-refractivity contribution in [3.05, 3.63) is 53.3 Å². The normalized spacial score (nSPS) is 11.9. The van der Waals surface area contributed by atoms with Gasteiger partial charge in [-0.1, -0.05) is 12.1 Å². The summed E-state index contributed by atoms with van der Waals surface area (Å²) >= 11 is 0. The van der Waals surface area contributed by atoms with Crippen LogP contribution in [0.1, 0.15) is 23.1 Å². The van der Waals surface area contributed by atoms with Gasteiger partial charge in [-0.05, 0) is 42.7 Å². The number of nitrogens with one attached hydrogen (secondary N) is 2. The van der Waals surface area contributed by atoms with E-state index in [1.165, 1.54) is 13.1 Å². The van der Waals surface area contributed by atoms with Crippen LogP contribution in [0, 0.1) is 13.8 Å². The van der Waals surface area contributed by atoms with E-state index in [1.54, 1.807) is 38.4 Å². The molecule has 0 aliphatic rings. The first-order valence-electron chi connectivity index (χ1n) is 9.12. The van der Waals surface area contributed by atoms with Crippen molar-refractivity contribution < 1.29 is 21.6 Å². The molecule has 1 aromatic heterocycles. The zero-order chi connectivity index (χ0) is 22.5. The minimum atomic E-state index is -3.93. The molecule has 0 aliphatic heterocycles. The van der Waals surface area contributed by atoms with Gasteiger partial charge in [0.05, 0.1) is 16.8 Å². The highest BCUT2D eigenvalue weighted by atomic mass is 32.2. The fourth-order valence-corrected chi connectivity index (χ4v) is 4.63. The third-order valence-corrected chi connectivity index (χ3v) is 7.27. The first-order chi connectivity index (χ1) is 13.9. The summed E-state index contributed by atoms with van der Waals surface area (Å²) in [5, 5.41) is 2.70. The highest BCUT2D eigenvalue weighted by Gasteiger charge is 2.22. The Kier molecular flexibility index (Phi) is 7.56. The quantitative estimate of drug-likeness (QED) is 0.584. The summed E-state index contributed by atoms with van der Waals surface area (Å²) < 4.78 is 52.6. The monoisotopic (exact) mass is 454 g/mol. The zero-order valence-corrected chi connectivity index (χ0v) is 19.0. The summed E-state index contributed by atoms with van der Waals surface area (Å²) in [5.41, 5.74) is 2.22. The number of nitrogens with zero attached hydrogens (tertiary/aromatic N) is 2. The van der Waals surface area contributed by atoms with Crippen LogP contribution in [0.25, 0.3) is 0 Å². The molecule has 0 radical (unpaired) electrons. The van der Waals surface area contributed by atoms with E-state index < -0.39 is 20.0 Å². The highest BCUT2D eigenvalue weighted by Crippen LogP contribution is 2.27. The van der Waals surface area contributed by atoms with Crippen LogP contribution in [0.5, 0.6) is 0 Å². The van der Waals surface area contributed by atoms with Gasteiger partial charge in [-0.2, -0.15) is 0 Å². The van der Waals surface area contributed by atoms with Crippen LogP contribution in [0.2, 0.25) is 0 Å². The third kappa shape index (κ3) is 6.25. The van der Waals surface area contributed by atoms with Gasteiger partial charge in [-0.3, -0.25) is 14.1 Å². The van der Waals surface area contributed by atoms with Gasteiger partial charge in [-0.25, -0.2) is 21.6 Å². The summed E-state index contributed by atoms with van der Waals surface area (Å²) in [6.45, 7) is 3.55. The van der Waals surface area contributed by atoms with E-state index in [0.29, 0.717) is 17.7 Å². The van der Waals surface area contributed by atoms with E-state index in [2.05, 4.69) is 15.0 Å². The Morgan fingerprint density at radius 2 is 1.83 bits per heavy atom. The molecular weight excluding hydrogens is 428 g/mol. The molecule has 0 atom stereocenters. The molecule has 1 aromatic carbocycles. The van der Waals surface area contributed by atoms with Gasteiger partial charge >= 0.3 is 0 Å². The number of rotatable bonds is 9. The van der Waals surface area contributed by atoms with Crippen molar-refractivity contribution in [2.24, 2.45) is 0 Å². The Labute approximate surface area is 177 Å². The van der Waals surface area contributed by atoms with E-state index in [0.717, 1.165) is 16.1 Å². The van der Waals surface area contributed by atoms with Crippen molar-refractivity contribution in [2.45, 2.75) is 31.7 Å². The van der Waals surface area contributed by atoms with Crippen molar-refractivity contribution in [3.63, 3.8) is 0 Å². The molecule has 0 unspecified atom stereocenters. The maximum absolute atomic E-state index is 12.7. The van der Waals surface area contributed by atoms with Crippen LogP contribution in [0.3, 0.4) is 0 Å². The number of carbonyl (C=O) groups excluding carboxylic acids is 1. The molecule has 2 rings (SSSR count). The number of carbonyl (C=O) groups is 1. The smallest absolute Gasteiger partial charge is 0.240 e. The number of pyridine rings is 1. The predicted molar refractivity (Wildman–Crippen MR) is 115 cm³/mol. The van der Waals surface area contributed by atoms with Crippen LogP contribution in [-0.4, -0.2) is 47.6 Å². The molecule has 164 valence electrons. The molecule has 0 spiro atoms. The molecule has 2 aromatic rings. The molecule has 1 heterocycles. The lowest BCUT2D eigenvalue weighted by Gasteiger charge is -2.21. The van der Waals surface area contributed by atoms with Gasteiger partial charge in [-0.15, -0.1) is 0 Å². The number of anilines is 1. The molecule has 2 N–H and O–H groups in total. The summed E-state index contributed by atoms with van der Waals surface area (Å²) in [7, 11) is -6.12. The van der Waals surface area contributed by atoms with Crippen LogP contribution < -0.4 is 14.3 Å². The summed E-state index contributed by atoms with van der Waals surface area (Å²) in [4.78, 5) is 15.9. The molecule has 0 saturated heterocycles. The topological polar surface area (TPSA) is 126 Å². The Morgan fingerprint density at radius 1 is 1.13 bits per heavy atom. The number of hydrogen-bond acceptors (Lipinski definition) is 6. The lowest BCUT2D eigenvalue weighted by atomic mass is 10.1. The summed E-state index contributed by atoms with van der Waals surface area (Å²) in [6, 6.07) is 6.53. The molecule has 0 bridgehead atoms. The lowest BCUT2D eigenvalue weighted by molar-refractivity contribution is -0.121. The molecule has 9 nitrogen and oxygen atoms in total. The van der Waals surface area contributed by atoms with Crippen molar-refractivity contribution in [1.82, 2.24) is 15.0 Å². The van der Waals surface area contributed by atoms with Crippen molar-refractivity contribution in [2.75, 3.05) is 24.2 Å². The SMILES string of the molecule is Cc1cc(C)c(S(=O)(=O)NCCC(=O)NCc2cccnc2)cc1N(C)S(C)(=O)=O. The van der Waals surface area contributed by atoms with E-state index in [1.807, 2.05) is 6.07 Å². The Bertz CT molecular complexity index is 1120. The fraction of sp³-hybridized carbons (Fsp3) is 0.368. The van der Waals surface area contributed by atoms with Crippen LogP contribution in [0.15, 0.2) is 41.6 Å². The number of sulfonamides is 2. The predicted octanol–water partition coefficient (Wildman–Crippen LogP) is 1.08. The minimum absolute atomic E-state index is 0.0330. The number of hydrogen-bond donors (Lipinski definition) is 2. The molecule has 1 amide bonds.